The Morgan fingerprint density at radius 1 is 0.517 bits per heavy atom. The molecule has 0 aliphatic carbocycles. The zero-order chi connectivity index (χ0) is 67.4. The van der Waals surface area contributed by atoms with Gasteiger partial charge in [-0.15, -0.1) is 0 Å². The van der Waals surface area contributed by atoms with E-state index in [1.807, 2.05) is 22.6 Å². The summed E-state index contributed by atoms with van der Waals surface area (Å²) < 4.78 is 245. The number of hydrogen-bond acceptors (Lipinski definition) is 17. The first-order valence-electron chi connectivity index (χ1n) is 23.8. The number of ether oxygens (including phenoxy) is 4. The summed E-state index contributed by atoms with van der Waals surface area (Å²) in [6, 6.07) is 37.2. The fourth-order valence-electron chi connectivity index (χ4n) is 6.30. The molecule has 17 nitrogen and oxygen atoms in total. The highest BCUT2D eigenvalue weighted by Gasteiger charge is 2.39. The normalized spacial score (nSPS) is 11.3. The molecular formula is C57H50F10IO17S4-. The van der Waals surface area contributed by atoms with Crippen LogP contribution in [0.25, 0.3) is 25.1 Å². The monoisotopic (exact) mass is 1450 g/mol. The molecule has 0 spiro atoms. The van der Waals surface area contributed by atoms with Crippen LogP contribution in [-0.2, 0) is 64.4 Å². The molecule has 1 aromatic heterocycles. The summed E-state index contributed by atoms with van der Waals surface area (Å²) >= 11 is 2.05. The Labute approximate surface area is 519 Å². The topological polar surface area (TPSA) is 277 Å². The van der Waals surface area contributed by atoms with Crippen molar-refractivity contribution in [3.8, 4) is 16.4 Å². The van der Waals surface area contributed by atoms with Crippen molar-refractivity contribution in [1.82, 2.24) is 0 Å². The first-order chi connectivity index (χ1) is 40.4. The molecule has 0 amide bonds. The van der Waals surface area contributed by atoms with E-state index in [2.05, 4.69) is 163 Å². The molecule has 7 aromatic rings. The van der Waals surface area contributed by atoms with Gasteiger partial charge in [-0.3, -0.25) is 0 Å². The number of halogens is 11. The molecule has 482 valence electrons. The number of thiophene rings is 1. The summed E-state index contributed by atoms with van der Waals surface area (Å²) in [5.41, 5.74) is 0.977. The van der Waals surface area contributed by atoms with Gasteiger partial charge in [0.05, 0.1) is 0 Å². The lowest BCUT2D eigenvalue weighted by molar-refractivity contribution is -0.328. The van der Waals surface area contributed by atoms with E-state index in [9.17, 15) is 102 Å². The Balaban J connectivity index is 0.000000382. The van der Waals surface area contributed by atoms with Gasteiger partial charge in [0, 0.05) is 38.0 Å². The number of hydrogen-bond donors (Lipinski definition) is 0. The van der Waals surface area contributed by atoms with Crippen LogP contribution in [0.4, 0.5) is 43.9 Å². The van der Waals surface area contributed by atoms with E-state index in [1.54, 1.807) is 0 Å². The highest BCUT2D eigenvalue weighted by molar-refractivity contribution is 7.87. The summed E-state index contributed by atoms with van der Waals surface area (Å²) in [7, 11) is -17.5. The van der Waals surface area contributed by atoms with Crippen molar-refractivity contribution in [3.05, 3.63) is 195 Å². The lowest BCUT2D eigenvalue weighted by atomic mass is 9.87. The summed E-state index contributed by atoms with van der Waals surface area (Å²) in [4.78, 5) is 40.4. The molecular weight excluding hydrogens is 1400 g/mol. The van der Waals surface area contributed by atoms with Crippen molar-refractivity contribution >= 4 is 84.9 Å². The minimum atomic E-state index is -5.93. The number of esters is 4. The van der Waals surface area contributed by atoms with Gasteiger partial charge < -0.3 is 32.6 Å². The van der Waals surface area contributed by atoms with E-state index in [4.69, 9.17) is 0 Å². The Bertz CT molecular complexity index is 3960. The second kappa shape index (κ2) is 31.7. The fourth-order valence-corrected chi connectivity index (χ4v) is 10.5. The third kappa shape index (κ3) is 20.7. The number of alkyl halides is 2. The van der Waals surface area contributed by atoms with Gasteiger partial charge in [-0.2, -0.15) is 26.3 Å². The number of benzene rings is 6. The maximum Gasteiger partial charge on any atom is 0.367 e. The van der Waals surface area contributed by atoms with E-state index < -0.39 is 141 Å². The molecule has 0 saturated heterocycles. The second-order valence-corrected chi connectivity index (χ2v) is 26.0. The lowest BCUT2D eigenvalue weighted by Gasteiger charge is -2.19. The molecule has 0 unspecified atom stereocenters. The molecule has 0 bridgehead atoms. The molecule has 89 heavy (non-hydrogen) atoms. The van der Waals surface area contributed by atoms with Crippen LogP contribution in [0.5, 0.6) is 11.5 Å². The highest BCUT2D eigenvalue weighted by atomic mass is 127. The molecule has 0 saturated carbocycles. The quantitative estimate of drug-likeness (QED) is 0.0152. The molecule has 0 aliphatic rings. The Hall–Kier alpha value is -7.60. The Morgan fingerprint density at radius 3 is 1.17 bits per heavy atom. The summed E-state index contributed by atoms with van der Waals surface area (Å²) in [6.07, 6.45) is 0. The van der Waals surface area contributed by atoms with E-state index in [0.717, 1.165) is 13.8 Å². The van der Waals surface area contributed by atoms with Crippen LogP contribution in [0.3, 0.4) is 0 Å². The van der Waals surface area contributed by atoms with Crippen LogP contribution >= 0.6 is 10.5 Å². The molecule has 0 N–H and O–H groups in total. The Morgan fingerprint density at radius 2 is 0.854 bits per heavy atom. The molecule has 0 aliphatic heterocycles. The lowest BCUT2D eigenvalue weighted by Crippen LogP contribution is -3.34. The summed E-state index contributed by atoms with van der Waals surface area (Å²) in [6.45, 7) is 16.5. The van der Waals surface area contributed by atoms with Crippen LogP contribution in [0.2, 0.25) is 0 Å². The largest absolute Gasteiger partial charge is 0.744 e. The Kier molecular flexibility index (Phi) is 27.6. The minimum Gasteiger partial charge on any atom is -0.744 e. The fraction of sp³-hybridized carbons (Fsp3) is 0.193. The van der Waals surface area contributed by atoms with Crippen LogP contribution in [0.1, 0.15) is 54.5 Å². The SMILES string of the molecule is C.C=C(C)C(=O)OCC(=O)OCC(F)(F)S(=O)(=O)[O-].C=C(C)C(=O)Oc1c(F)c(F)c(S(=O)(=O)[O-])c(F)c1F.C=C(C)C(=O)Oc1c(F)c(F)c(S(=O)(=O)[O-])c(F)c1F.CC(C)(C)c1ccc([IH+])cc1.c1ccc(-[s+]2c3ccccc3c3ccccc32)cc1. The van der Waals surface area contributed by atoms with E-state index in [1.165, 1.54) is 41.1 Å². The van der Waals surface area contributed by atoms with Crippen LogP contribution in [0, 0.1) is 50.1 Å². The van der Waals surface area contributed by atoms with Crippen LogP contribution in [0.15, 0.2) is 149 Å². The third-order valence-electron chi connectivity index (χ3n) is 10.6. The standard InChI is InChI=1S/C18H13S.2C10H6F4O5S.C10H14I.C8H10F2O7S.CH4/c1-2-8-14(9-3-1)19-17-12-6-4-10-15(17)16-11-5-7-13-18(16)19;2*1-3(2)10(15)19-8-4(11)6(13)9(20(16,17)18)7(14)5(8)12;1-10(2,3)8-4-6-9(11)7-5-8;1-5(2)7(12)16-3-6(11)17-4-8(9,10)18(13,14)15;/h1-13H;2*1H2,2H3,(H,16,17,18);4-7,11H,1-3H3;1,3-4H2,2H3,(H,13,14,15);1H4/q+1;;;+1;;/p-3. The van der Waals surface area contributed by atoms with Crippen molar-refractivity contribution in [1.29, 1.82) is 0 Å². The van der Waals surface area contributed by atoms with Gasteiger partial charge >= 0.3 is 29.1 Å². The molecule has 7 rings (SSSR count). The number of fused-ring (bicyclic) bond motifs is 3. The van der Waals surface area contributed by atoms with Gasteiger partial charge in [-0.05, 0) is 80.3 Å². The van der Waals surface area contributed by atoms with Gasteiger partial charge in [0.15, 0.2) is 64.5 Å². The van der Waals surface area contributed by atoms with Crippen molar-refractivity contribution in [2.75, 3.05) is 13.2 Å². The van der Waals surface area contributed by atoms with Gasteiger partial charge in [0.25, 0.3) is 22.6 Å². The maximum absolute atomic E-state index is 13.4. The van der Waals surface area contributed by atoms with Gasteiger partial charge in [0.2, 0.25) is 34.8 Å². The highest BCUT2D eigenvalue weighted by Crippen LogP contribution is 2.48. The molecule has 1 heterocycles. The van der Waals surface area contributed by atoms with Crippen molar-refractivity contribution in [2.24, 2.45) is 0 Å². The first-order valence-corrected chi connectivity index (χ1v) is 30.5. The first kappa shape index (κ1) is 77.5. The number of carbonyl (C=O) groups excluding carboxylic acids is 4. The predicted octanol–water partition coefficient (Wildman–Crippen LogP) is 8.85. The molecule has 0 radical (unpaired) electrons. The average Bonchev–Trinajstić information content (AvgIpc) is 1.79. The number of carbonyl (C=O) groups is 4. The zero-order valence-electron chi connectivity index (χ0n) is 46.1. The molecule has 32 heteroatoms. The van der Waals surface area contributed by atoms with Crippen LogP contribution in [-0.4, -0.2) is 81.3 Å². The van der Waals surface area contributed by atoms with Crippen molar-refractivity contribution in [2.45, 2.75) is 69.4 Å². The minimum absolute atomic E-state index is 0. The summed E-state index contributed by atoms with van der Waals surface area (Å²) in [5.74, 6) is -28.0. The van der Waals surface area contributed by atoms with Gasteiger partial charge in [-0.25, -0.2) is 62.0 Å². The smallest absolute Gasteiger partial charge is 0.367 e. The third-order valence-corrected chi connectivity index (χ3v) is 16.3. The van der Waals surface area contributed by atoms with Crippen molar-refractivity contribution in [3.63, 3.8) is 0 Å². The summed E-state index contributed by atoms with van der Waals surface area (Å²) in [5, 5.41) is -1.95. The number of rotatable bonds is 13. The van der Waals surface area contributed by atoms with E-state index >= 15 is 0 Å². The van der Waals surface area contributed by atoms with Crippen LogP contribution < -0.4 is 32.1 Å². The second-order valence-electron chi connectivity index (χ2n) is 18.6. The van der Waals surface area contributed by atoms with Gasteiger partial charge in [-0.1, -0.05) is 103 Å². The van der Waals surface area contributed by atoms with Crippen molar-refractivity contribution < 1.29 is 144 Å². The maximum atomic E-state index is 13.4. The molecule has 0 fully saturated rings. The molecule has 0 atom stereocenters. The zero-order valence-corrected chi connectivity index (χ0v) is 51.7. The predicted molar refractivity (Wildman–Crippen MR) is 298 cm³/mol. The average molecular weight is 1450 g/mol. The van der Waals surface area contributed by atoms with E-state index in [-0.39, 0.29) is 40.0 Å². The van der Waals surface area contributed by atoms with E-state index in [0.29, 0.717) is 0 Å². The molecule has 6 aromatic carbocycles. The van der Waals surface area contributed by atoms with Gasteiger partial charge in [0.1, 0.15) is 30.0 Å².